The zero-order valence-corrected chi connectivity index (χ0v) is 12.1. The summed E-state index contributed by atoms with van der Waals surface area (Å²) < 4.78 is 5.36. The number of hydrogen-bond acceptors (Lipinski definition) is 3. The van der Waals surface area contributed by atoms with Gasteiger partial charge in [0.1, 0.15) is 5.75 Å². The lowest BCUT2D eigenvalue weighted by molar-refractivity contribution is -0.140. The lowest BCUT2D eigenvalue weighted by Crippen LogP contribution is -2.11. The van der Waals surface area contributed by atoms with Crippen LogP contribution in [0.5, 0.6) is 5.75 Å². The average Bonchev–Trinajstić information content (AvgIpc) is 2.35. The fraction of sp³-hybridized carbons (Fsp3) is 0.500. The third-order valence-corrected chi connectivity index (χ3v) is 4.08. The van der Waals surface area contributed by atoms with Crippen molar-refractivity contribution in [3.8, 4) is 5.75 Å². The number of methoxy groups -OCH3 is 1. The monoisotopic (exact) mass is 268 g/mol. The molecular weight excluding hydrogens is 248 g/mol. The summed E-state index contributed by atoms with van der Waals surface area (Å²) in [6.07, 6.45) is 0. The summed E-state index contributed by atoms with van der Waals surface area (Å²) in [6.45, 7) is 5.98. The van der Waals surface area contributed by atoms with Crippen LogP contribution in [0.3, 0.4) is 0 Å². The predicted octanol–water partition coefficient (Wildman–Crippen LogP) is 3.63. The largest absolute Gasteiger partial charge is 0.496 e. The molecule has 0 heterocycles. The Kier molecular flexibility index (Phi) is 5.54. The number of ether oxygens (including phenoxy) is 1. The van der Waals surface area contributed by atoms with Gasteiger partial charge in [-0.05, 0) is 23.6 Å². The van der Waals surface area contributed by atoms with E-state index in [0.29, 0.717) is 11.7 Å². The van der Waals surface area contributed by atoms with Gasteiger partial charge in [-0.3, -0.25) is 4.79 Å². The molecule has 18 heavy (non-hydrogen) atoms. The molecule has 0 fully saturated rings. The number of thioether (sulfide) groups is 1. The Morgan fingerprint density at radius 2 is 2.06 bits per heavy atom. The highest BCUT2D eigenvalue weighted by Crippen LogP contribution is 2.33. The van der Waals surface area contributed by atoms with Crippen molar-refractivity contribution in [2.45, 2.75) is 31.6 Å². The summed E-state index contributed by atoms with van der Waals surface area (Å²) >= 11 is 1.52. The number of carboxylic acid groups (broad SMARTS) is 1. The van der Waals surface area contributed by atoms with E-state index in [1.807, 2.05) is 12.1 Å². The van der Waals surface area contributed by atoms with Crippen LogP contribution in [0.2, 0.25) is 0 Å². The Hall–Kier alpha value is -1.16. The molecule has 1 N–H and O–H groups in total. The molecule has 1 rings (SSSR count). The predicted molar refractivity (Wildman–Crippen MR) is 74.6 cm³/mol. The van der Waals surface area contributed by atoms with E-state index < -0.39 is 5.97 Å². The van der Waals surface area contributed by atoms with Crippen LogP contribution in [0.4, 0.5) is 0 Å². The summed E-state index contributed by atoms with van der Waals surface area (Å²) in [4.78, 5) is 11.8. The molecule has 1 unspecified atom stereocenters. The first-order valence-corrected chi connectivity index (χ1v) is 6.97. The van der Waals surface area contributed by atoms with Crippen LogP contribution in [0.25, 0.3) is 0 Å². The van der Waals surface area contributed by atoms with Gasteiger partial charge < -0.3 is 9.84 Å². The van der Waals surface area contributed by atoms with Crippen molar-refractivity contribution in [2.24, 2.45) is 5.92 Å². The lowest BCUT2D eigenvalue weighted by atomic mass is 10.0. The molecule has 0 saturated carbocycles. The Bertz CT molecular complexity index is 416. The SMILES string of the molecule is COc1cc(C(C)C)ccc1SCC(C)C(=O)O. The van der Waals surface area contributed by atoms with Gasteiger partial charge in [0.2, 0.25) is 0 Å². The lowest BCUT2D eigenvalue weighted by Gasteiger charge is -2.13. The van der Waals surface area contributed by atoms with E-state index in [4.69, 9.17) is 9.84 Å². The van der Waals surface area contributed by atoms with Crippen LogP contribution < -0.4 is 4.74 Å². The van der Waals surface area contributed by atoms with Crippen molar-refractivity contribution in [2.75, 3.05) is 12.9 Å². The van der Waals surface area contributed by atoms with Gasteiger partial charge in [-0.2, -0.15) is 0 Å². The number of rotatable bonds is 6. The fourth-order valence-electron chi connectivity index (χ4n) is 1.45. The Balaban J connectivity index is 2.80. The number of aliphatic carboxylic acids is 1. The second kappa shape index (κ2) is 6.69. The summed E-state index contributed by atoms with van der Waals surface area (Å²) in [5.41, 5.74) is 1.22. The molecule has 0 spiro atoms. The molecule has 1 atom stereocenters. The topological polar surface area (TPSA) is 46.5 Å². The van der Waals surface area contributed by atoms with Crippen molar-refractivity contribution in [3.05, 3.63) is 23.8 Å². The molecule has 0 saturated heterocycles. The minimum atomic E-state index is -0.764. The van der Waals surface area contributed by atoms with Gasteiger partial charge in [-0.25, -0.2) is 0 Å². The van der Waals surface area contributed by atoms with E-state index in [1.54, 1.807) is 14.0 Å². The smallest absolute Gasteiger partial charge is 0.307 e. The number of hydrogen-bond donors (Lipinski definition) is 1. The van der Waals surface area contributed by atoms with Crippen LogP contribution in [0.1, 0.15) is 32.3 Å². The molecule has 0 amide bonds. The third kappa shape index (κ3) is 3.95. The van der Waals surface area contributed by atoms with Crippen LogP contribution in [-0.2, 0) is 4.79 Å². The van der Waals surface area contributed by atoms with Crippen LogP contribution in [0.15, 0.2) is 23.1 Å². The second-order valence-electron chi connectivity index (χ2n) is 4.62. The molecule has 1 aromatic rings. The zero-order chi connectivity index (χ0) is 13.7. The first kappa shape index (κ1) is 14.9. The van der Waals surface area contributed by atoms with Crippen molar-refractivity contribution < 1.29 is 14.6 Å². The van der Waals surface area contributed by atoms with E-state index >= 15 is 0 Å². The van der Waals surface area contributed by atoms with Gasteiger partial charge in [-0.1, -0.05) is 26.8 Å². The number of benzene rings is 1. The Morgan fingerprint density at radius 3 is 2.56 bits per heavy atom. The minimum Gasteiger partial charge on any atom is -0.496 e. The minimum absolute atomic E-state index is 0.357. The molecule has 0 aliphatic heterocycles. The molecule has 0 bridgehead atoms. The van der Waals surface area contributed by atoms with E-state index in [1.165, 1.54) is 17.3 Å². The highest BCUT2D eigenvalue weighted by Gasteiger charge is 2.13. The van der Waals surface area contributed by atoms with Crippen molar-refractivity contribution in [1.29, 1.82) is 0 Å². The van der Waals surface area contributed by atoms with Gasteiger partial charge in [0.15, 0.2) is 0 Å². The van der Waals surface area contributed by atoms with Gasteiger partial charge in [0.25, 0.3) is 0 Å². The Labute approximate surface area is 113 Å². The highest BCUT2D eigenvalue weighted by molar-refractivity contribution is 7.99. The molecule has 4 heteroatoms. The summed E-state index contributed by atoms with van der Waals surface area (Å²) in [5.74, 6) is 0.705. The van der Waals surface area contributed by atoms with Crippen molar-refractivity contribution in [3.63, 3.8) is 0 Å². The quantitative estimate of drug-likeness (QED) is 0.800. The highest BCUT2D eigenvalue weighted by atomic mass is 32.2. The summed E-state index contributed by atoms with van der Waals surface area (Å²) in [5, 5.41) is 8.86. The van der Waals surface area contributed by atoms with Gasteiger partial charge in [0.05, 0.1) is 13.0 Å². The first-order valence-electron chi connectivity index (χ1n) is 5.99. The third-order valence-electron chi connectivity index (χ3n) is 2.76. The molecular formula is C14H20O3S. The Morgan fingerprint density at radius 1 is 1.39 bits per heavy atom. The van der Waals surface area contributed by atoms with E-state index in [9.17, 15) is 4.79 Å². The van der Waals surface area contributed by atoms with Crippen molar-refractivity contribution in [1.82, 2.24) is 0 Å². The van der Waals surface area contributed by atoms with Crippen LogP contribution >= 0.6 is 11.8 Å². The van der Waals surface area contributed by atoms with E-state index in [0.717, 1.165) is 10.6 Å². The second-order valence-corrected chi connectivity index (χ2v) is 5.68. The van der Waals surface area contributed by atoms with Gasteiger partial charge >= 0.3 is 5.97 Å². The van der Waals surface area contributed by atoms with Crippen molar-refractivity contribution >= 4 is 17.7 Å². The van der Waals surface area contributed by atoms with Crippen LogP contribution in [-0.4, -0.2) is 23.9 Å². The molecule has 0 radical (unpaired) electrons. The molecule has 1 aromatic carbocycles. The van der Waals surface area contributed by atoms with E-state index in [-0.39, 0.29) is 5.92 Å². The fourth-order valence-corrected chi connectivity index (χ4v) is 2.47. The average molecular weight is 268 g/mol. The number of carbonyl (C=O) groups is 1. The van der Waals surface area contributed by atoms with Crippen LogP contribution in [0, 0.1) is 5.92 Å². The molecule has 0 aromatic heterocycles. The molecule has 3 nitrogen and oxygen atoms in total. The van der Waals surface area contributed by atoms with Gasteiger partial charge in [-0.15, -0.1) is 11.8 Å². The van der Waals surface area contributed by atoms with Gasteiger partial charge in [0, 0.05) is 10.6 Å². The van der Waals surface area contributed by atoms with E-state index in [2.05, 4.69) is 19.9 Å². The maximum atomic E-state index is 10.8. The maximum absolute atomic E-state index is 10.8. The molecule has 0 aliphatic carbocycles. The maximum Gasteiger partial charge on any atom is 0.307 e. The number of carboxylic acids is 1. The standard InChI is InChI=1S/C14H20O3S/c1-9(2)11-5-6-13(12(7-11)17-4)18-8-10(3)14(15)16/h5-7,9-10H,8H2,1-4H3,(H,15,16). The normalized spacial score (nSPS) is 12.5. The molecule has 0 aliphatic rings. The summed E-state index contributed by atoms with van der Waals surface area (Å²) in [6, 6.07) is 6.10. The summed E-state index contributed by atoms with van der Waals surface area (Å²) in [7, 11) is 1.64. The first-order chi connectivity index (χ1) is 8.45. The molecule has 100 valence electrons. The zero-order valence-electron chi connectivity index (χ0n) is 11.3.